The number of sulfonamides is 1. The standard InChI is InChI=1S/C13H19NO3S/c1-10(15)12-4-6-13(7-5-12)18(16,17)14-9-8-11-2-3-11/h4-7,10-11,14-15H,2-3,8-9H2,1H3. The van der Waals surface area contributed by atoms with Crippen molar-refractivity contribution in [1.29, 1.82) is 0 Å². The van der Waals surface area contributed by atoms with Gasteiger partial charge in [0.1, 0.15) is 0 Å². The molecule has 0 aromatic heterocycles. The maximum absolute atomic E-state index is 11.9. The van der Waals surface area contributed by atoms with Crippen LogP contribution in [0, 0.1) is 5.92 Å². The smallest absolute Gasteiger partial charge is 0.240 e. The van der Waals surface area contributed by atoms with Crippen molar-refractivity contribution in [3.63, 3.8) is 0 Å². The first-order valence-corrected chi connectivity index (χ1v) is 7.75. The lowest BCUT2D eigenvalue weighted by molar-refractivity contribution is 0.199. The van der Waals surface area contributed by atoms with E-state index < -0.39 is 16.1 Å². The molecule has 1 aromatic carbocycles. The van der Waals surface area contributed by atoms with Gasteiger partial charge in [-0.3, -0.25) is 0 Å². The van der Waals surface area contributed by atoms with Gasteiger partial charge in [0.25, 0.3) is 0 Å². The number of hydrogen-bond acceptors (Lipinski definition) is 3. The molecular weight excluding hydrogens is 250 g/mol. The van der Waals surface area contributed by atoms with Crippen molar-refractivity contribution in [2.24, 2.45) is 5.92 Å². The summed E-state index contributed by atoms with van der Waals surface area (Å²) in [5.41, 5.74) is 0.715. The molecule has 1 saturated carbocycles. The summed E-state index contributed by atoms with van der Waals surface area (Å²) in [7, 11) is -3.40. The Bertz CT molecular complexity index is 489. The van der Waals surface area contributed by atoms with Crippen LogP contribution in [-0.2, 0) is 10.0 Å². The van der Waals surface area contributed by atoms with Crippen molar-refractivity contribution < 1.29 is 13.5 Å². The molecule has 18 heavy (non-hydrogen) atoms. The average Bonchev–Trinajstić information content (AvgIpc) is 3.13. The summed E-state index contributed by atoms with van der Waals surface area (Å²) < 4.78 is 26.5. The molecule has 2 rings (SSSR count). The largest absolute Gasteiger partial charge is 0.389 e. The SMILES string of the molecule is CC(O)c1ccc(S(=O)(=O)NCCC2CC2)cc1. The van der Waals surface area contributed by atoms with Gasteiger partial charge in [0.05, 0.1) is 11.0 Å². The predicted molar refractivity (Wildman–Crippen MR) is 69.6 cm³/mol. The number of benzene rings is 1. The molecule has 1 aliphatic rings. The molecule has 4 nitrogen and oxygen atoms in total. The Kier molecular flexibility index (Phi) is 4.04. The molecule has 1 aromatic rings. The van der Waals surface area contributed by atoms with Crippen LogP contribution in [0.1, 0.15) is 37.9 Å². The summed E-state index contributed by atoms with van der Waals surface area (Å²) >= 11 is 0. The summed E-state index contributed by atoms with van der Waals surface area (Å²) in [6, 6.07) is 6.34. The first-order valence-electron chi connectivity index (χ1n) is 6.27. The third kappa shape index (κ3) is 3.54. The van der Waals surface area contributed by atoms with Crippen LogP contribution in [0.15, 0.2) is 29.2 Å². The van der Waals surface area contributed by atoms with Crippen molar-refractivity contribution in [2.45, 2.75) is 37.2 Å². The Morgan fingerprint density at radius 1 is 1.33 bits per heavy atom. The van der Waals surface area contributed by atoms with E-state index in [2.05, 4.69) is 4.72 Å². The van der Waals surface area contributed by atoms with Gasteiger partial charge in [-0.2, -0.15) is 0 Å². The second-order valence-electron chi connectivity index (χ2n) is 4.87. The van der Waals surface area contributed by atoms with E-state index in [1.54, 1.807) is 19.1 Å². The molecule has 0 radical (unpaired) electrons. The van der Waals surface area contributed by atoms with Crippen LogP contribution in [0.4, 0.5) is 0 Å². The summed E-state index contributed by atoms with van der Waals surface area (Å²) in [4.78, 5) is 0.252. The molecule has 1 fully saturated rings. The van der Waals surface area contributed by atoms with E-state index in [0.717, 1.165) is 6.42 Å². The first kappa shape index (κ1) is 13.5. The number of nitrogens with one attached hydrogen (secondary N) is 1. The topological polar surface area (TPSA) is 66.4 Å². The van der Waals surface area contributed by atoms with Crippen molar-refractivity contribution in [2.75, 3.05) is 6.54 Å². The van der Waals surface area contributed by atoms with Crippen LogP contribution in [0.5, 0.6) is 0 Å². The molecular formula is C13H19NO3S. The molecule has 2 N–H and O–H groups in total. The second-order valence-corrected chi connectivity index (χ2v) is 6.64. The van der Waals surface area contributed by atoms with Gasteiger partial charge in [-0.15, -0.1) is 0 Å². The molecule has 0 aliphatic heterocycles. The minimum atomic E-state index is -3.40. The molecule has 0 heterocycles. The lowest BCUT2D eigenvalue weighted by Crippen LogP contribution is -2.25. The summed E-state index contributed by atoms with van der Waals surface area (Å²) in [6.45, 7) is 2.16. The van der Waals surface area contributed by atoms with Gasteiger partial charge in [-0.05, 0) is 37.0 Å². The highest BCUT2D eigenvalue weighted by Gasteiger charge is 2.22. The third-order valence-corrected chi connectivity index (χ3v) is 4.69. The zero-order valence-corrected chi connectivity index (χ0v) is 11.3. The highest BCUT2D eigenvalue weighted by Crippen LogP contribution is 2.31. The highest BCUT2D eigenvalue weighted by atomic mass is 32.2. The van der Waals surface area contributed by atoms with Crippen molar-refractivity contribution in [3.8, 4) is 0 Å². The molecule has 0 bridgehead atoms. The maximum Gasteiger partial charge on any atom is 0.240 e. The van der Waals surface area contributed by atoms with E-state index >= 15 is 0 Å². The van der Waals surface area contributed by atoms with E-state index in [4.69, 9.17) is 0 Å². The van der Waals surface area contributed by atoms with Crippen molar-refractivity contribution in [1.82, 2.24) is 4.72 Å². The Morgan fingerprint density at radius 3 is 2.44 bits per heavy atom. The Labute approximate surface area is 108 Å². The molecule has 5 heteroatoms. The average molecular weight is 269 g/mol. The monoisotopic (exact) mass is 269 g/mol. The van der Waals surface area contributed by atoms with Gasteiger partial charge in [0.2, 0.25) is 10.0 Å². The van der Waals surface area contributed by atoms with Gasteiger partial charge in [0.15, 0.2) is 0 Å². The fraction of sp³-hybridized carbons (Fsp3) is 0.538. The van der Waals surface area contributed by atoms with E-state index in [-0.39, 0.29) is 4.90 Å². The zero-order chi connectivity index (χ0) is 13.2. The lowest BCUT2D eigenvalue weighted by atomic mass is 10.1. The van der Waals surface area contributed by atoms with Gasteiger partial charge >= 0.3 is 0 Å². The van der Waals surface area contributed by atoms with Crippen LogP contribution in [0.2, 0.25) is 0 Å². The van der Waals surface area contributed by atoms with Gasteiger partial charge in [-0.1, -0.05) is 25.0 Å². The molecule has 0 amide bonds. The van der Waals surface area contributed by atoms with E-state index in [9.17, 15) is 13.5 Å². The Balaban J connectivity index is 1.99. The number of aliphatic hydroxyl groups is 1. The first-order chi connectivity index (χ1) is 8.49. The number of hydrogen-bond donors (Lipinski definition) is 2. The van der Waals surface area contributed by atoms with Crippen LogP contribution >= 0.6 is 0 Å². The quantitative estimate of drug-likeness (QED) is 0.828. The Hall–Kier alpha value is -0.910. The minimum absolute atomic E-state index is 0.252. The fourth-order valence-electron chi connectivity index (χ4n) is 1.81. The third-order valence-electron chi connectivity index (χ3n) is 3.21. The second kappa shape index (κ2) is 5.38. The Morgan fingerprint density at radius 2 is 1.94 bits per heavy atom. The minimum Gasteiger partial charge on any atom is -0.389 e. The van der Waals surface area contributed by atoms with Crippen LogP contribution < -0.4 is 4.72 Å². The predicted octanol–water partition coefficient (Wildman–Crippen LogP) is 1.82. The van der Waals surface area contributed by atoms with Gasteiger partial charge < -0.3 is 5.11 Å². The van der Waals surface area contributed by atoms with Crippen LogP contribution in [0.3, 0.4) is 0 Å². The van der Waals surface area contributed by atoms with Gasteiger partial charge in [0, 0.05) is 6.54 Å². The van der Waals surface area contributed by atoms with Crippen LogP contribution in [-0.4, -0.2) is 20.1 Å². The van der Waals surface area contributed by atoms with Crippen molar-refractivity contribution >= 4 is 10.0 Å². The van der Waals surface area contributed by atoms with Crippen LogP contribution in [0.25, 0.3) is 0 Å². The highest BCUT2D eigenvalue weighted by molar-refractivity contribution is 7.89. The molecule has 100 valence electrons. The molecule has 1 atom stereocenters. The summed E-state index contributed by atoms with van der Waals surface area (Å²) in [5.74, 6) is 0.713. The van der Waals surface area contributed by atoms with Gasteiger partial charge in [-0.25, -0.2) is 13.1 Å². The number of rotatable bonds is 6. The normalized spacial score (nSPS) is 17.7. The van der Waals surface area contributed by atoms with E-state index in [1.807, 2.05) is 0 Å². The summed E-state index contributed by atoms with van der Waals surface area (Å²) in [5, 5.41) is 9.36. The van der Waals surface area contributed by atoms with E-state index in [0.29, 0.717) is 18.0 Å². The zero-order valence-electron chi connectivity index (χ0n) is 10.5. The van der Waals surface area contributed by atoms with Crippen molar-refractivity contribution in [3.05, 3.63) is 29.8 Å². The fourth-order valence-corrected chi connectivity index (χ4v) is 2.86. The molecule has 1 unspecified atom stereocenters. The molecule has 1 aliphatic carbocycles. The molecule has 0 saturated heterocycles. The van der Waals surface area contributed by atoms with E-state index in [1.165, 1.54) is 25.0 Å². The summed E-state index contributed by atoms with van der Waals surface area (Å²) in [6.07, 6.45) is 2.80. The number of aliphatic hydroxyl groups excluding tert-OH is 1. The maximum atomic E-state index is 11.9. The lowest BCUT2D eigenvalue weighted by Gasteiger charge is -2.08. The molecule has 0 spiro atoms.